The van der Waals surface area contributed by atoms with Gasteiger partial charge in [-0.25, -0.2) is 4.98 Å². The molecule has 5 nitrogen and oxygen atoms in total. The van der Waals surface area contributed by atoms with Crippen molar-refractivity contribution in [1.29, 1.82) is 0 Å². The van der Waals surface area contributed by atoms with Gasteiger partial charge in [0.2, 0.25) is 11.8 Å². The number of aryl methyl sites for hydroxylation is 2. The number of nitrogens with zero attached hydrogens (tertiary/aromatic N) is 1. The zero-order valence-corrected chi connectivity index (χ0v) is 12.2. The number of hydrogen-bond acceptors (Lipinski definition) is 4. The van der Waals surface area contributed by atoms with Crippen LogP contribution in [-0.4, -0.2) is 16.4 Å². The van der Waals surface area contributed by atoms with E-state index < -0.39 is 5.54 Å². The summed E-state index contributed by atoms with van der Waals surface area (Å²) in [5.74, 6) is 1.09. The largest absolute Gasteiger partial charge is 0.441 e. The summed E-state index contributed by atoms with van der Waals surface area (Å²) < 4.78 is 5.58. The van der Waals surface area contributed by atoms with Gasteiger partial charge in [-0.05, 0) is 45.9 Å². The van der Waals surface area contributed by atoms with Gasteiger partial charge in [0.25, 0.3) is 0 Å². The van der Waals surface area contributed by atoms with Crippen LogP contribution in [0.2, 0.25) is 0 Å². The van der Waals surface area contributed by atoms with Gasteiger partial charge in [0.1, 0.15) is 5.76 Å². The zero-order valence-electron chi connectivity index (χ0n) is 12.2. The molecule has 0 atom stereocenters. The molecule has 0 aliphatic carbocycles. The molecule has 0 aliphatic heterocycles. The molecule has 20 heavy (non-hydrogen) atoms. The second-order valence-corrected chi connectivity index (χ2v) is 5.42. The van der Waals surface area contributed by atoms with E-state index in [9.17, 15) is 4.79 Å². The number of hydrogen-bond donors (Lipinski definition) is 2. The van der Waals surface area contributed by atoms with Crippen molar-refractivity contribution >= 4 is 11.6 Å². The summed E-state index contributed by atoms with van der Waals surface area (Å²) in [7, 11) is 0. The number of nitrogens with two attached hydrogens (primary N) is 1. The van der Waals surface area contributed by atoms with Crippen LogP contribution in [0.15, 0.2) is 28.7 Å². The van der Waals surface area contributed by atoms with E-state index in [1.165, 1.54) is 0 Å². The lowest BCUT2D eigenvalue weighted by Crippen LogP contribution is -2.45. The molecule has 1 heterocycles. The summed E-state index contributed by atoms with van der Waals surface area (Å²) in [6.45, 7) is 7.08. The molecule has 0 saturated carbocycles. The van der Waals surface area contributed by atoms with Gasteiger partial charge in [-0.15, -0.1) is 0 Å². The third-order valence-electron chi connectivity index (χ3n) is 2.98. The molecule has 2 aromatic rings. The first-order valence-corrected chi connectivity index (χ1v) is 6.42. The first kappa shape index (κ1) is 14.3. The summed E-state index contributed by atoms with van der Waals surface area (Å²) in [4.78, 5) is 16.2. The van der Waals surface area contributed by atoms with Crippen LogP contribution in [0.3, 0.4) is 0 Å². The maximum absolute atomic E-state index is 11.9. The fourth-order valence-corrected chi connectivity index (χ4v) is 1.62. The normalized spacial score (nSPS) is 11.4. The van der Waals surface area contributed by atoms with E-state index in [0.717, 1.165) is 17.0 Å². The third kappa shape index (κ3) is 3.05. The number of carbonyl (C=O) groups is 1. The molecule has 0 aliphatic rings. The molecule has 0 spiro atoms. The number of aromatic nitrogens is 1. The summed E-state index contributed by atoms with van der Waals surface area (Å²) in [6, 6.07) is 7.33. The molecule has 2 rings (SSSR count). The fourth-order valence-electron chi connectivity index (χ4n) is 1.62. The molecule has 1 aromatic heterocycles. The Balaban J connectivity index is 2.27. The van der Waals surface area contributed by atoms with E-state index in [1.54, 1.807) is 19.9 Å². The first-order valence-electron chi connectivity index (χ1n) is 6.42. The standard InChI is InChI=1S/C15H19N3O2/c1-9-10(2)20-13(17-9)11-6-5-7-12(8-11)18-14(19)15(3,4)16/h5-8H,16H2,1-4H3,(H,18,19). The molecular formula is C15H19N3O2. The van der Waals surface area contributed by atoms with E-state index in [4.69, 9.17) is 10.2 Å². The monoisotopic (exact) mass is 273 g/mol. The van der Waals surface area contributed by atoms with Crippen molar-refractivity contribution in [3.63, 3.8) is 0 Å². The van der Waals surface area contributed by atoms with Gasteiger partial charge in [0.15, 0.2) is 0 Å². The van der Waals surface area contributed by atoms with E-state index in [-0.39, 0.29) is 5.91 Å². The zero-order chi connectivity index (χ0) is 14.9. The predicted octanol–water partition coefficient (Wildman–Crippen LogP) is 2.63. The topological polar surface area (TPSA) is 81.2 Å². The summed E-state index contributed by atoms with van der Waals surface area (Å²) in [6.07, 6.45) is 0. The highest BCUT2D eigenvalue weighted by atomic mass is 16.4. The Morgan fingerprint density at radius 3 is 2.60 bits per heavy atom. The van der Waals surface area contributed by atoms with Crippen LogP contribution in [0, 0.1) is 13.8 Å². The third-order valence-corrected chi connectivity index (χ3v) is 2.98. The van der Waals surface area contributed by atoms with E-state index in [0.29, 0.717) is 11.6 Å². The first-order chi connectivity index (χ1) is 9.27. The molecule has 0 fully saturated rings. The molecular weight excluding hydrogens is 254 g/mol. The van der Waals surface area contributed by atoms with Gasteiger partial charge >= 0.3 is 0 Å². The van der Waals surface area contributed by atoms with Crippen molar-refractivity contribution in [2.24, 2.45) is 5.73 Å². The fraction of sp³-hybridized carbons (Fsp3) is 0.333. The van der Waals surface area contributed by atoms with Gasteiger partial charge in [-0.3, -0.25) is 4.79 Å². The van der Waals surface area contributed by atoms with Gasteiger partial charge in [-0.2, -0.15) is 0 Å². The number of anilines is 1. The Morgan fingerprint density at radius 2 is 2.05 bits per heavy atom. The minimum atomic E-state index is -0.924. The molecule has 1 aromatic carbocycles. The highest BCUT2D eigenvalue weighted by molar-refractivity contribution is 5.97. The van der Waals surface area contributed by atoms with Crippen LogP contribution in [0.5, 0.6) is 0 Å². The molecule has 0 radical (unpaired) electrons. The number of carbonyl (C=O) groups excluding carboxylic acids is 1. The van der Waals surface area contributed by atoms with Crippen LogP contribution < -0.4 is 11.1 Å². The average Bonchev–Trinajstić information content (AvgIpc) is 2.69. The summed E-state index contributed by atoms with van der Waals surface area (Å²) in [5, 5.41) is 2.78. The van der Waals surface area contributed by atoms with E-state index in [2.05, 4.69) is 10.3 Å². The van der Waals surface area contributed by atoms with Gasteiger partial charge in [0.05, 0.1) is 11.2 Å². The molecule has 0 bridgehead atoms. The Kier molecular flexibility index (Phi) is 3.63. The Hall–Kier alpha value is -2.14. The Morgan fingerprint density at radius 1 is 1.35 bits per heavy atom. The van der Waals surface area contributed by atoms with Crippen LogP contribution >= 0.6 is 0 Å². The van der Waals surface area contributed by atoms with Gasteiger partial charge < -0.3 is 15.5 Å². The van der Waals surface area contributed by atoms with Crippen molar-refractivity contribution < 1.29 is 9.21 Å². The maximum Gasteiger partial charge on any atom is 0.243 e. The highest BCUT2D eigenvalue weighted by Gasteiger charge is 2.22. The van der Waals surface area contributed by atoms with Gasteiger partial charge in [0, 0.05) is 11.3 Å². The smallest absolute Gasteiger partial charge is 0.243 e. The quantitative estimate of drug-likeness (QED) is 0.900. The number of nitrogens with one attached hydrogen (secondary N) is 1. The maximum atomic E-state index is 11.9. The molecule has 3 N–H and O–H groups in total. The molecule has 106 valence electrons. The minimum Gasteiger partial charge on any atom is -0.441 e. The van der Waals surface area contributed by atoms with Crippen LogP contribution in [0.25, 0.3) is 11.5 Å². The molecule has 0 saturated heterocycles. The second-order valence-electron chi connectivity index (χ2n) is 5.42. The number of benzene rings is 1. The van der Waals surface area contributed by atoms with Crippen LogP contribution in [0.1, 0.15) is 25.3 Å². The molecule has 1 amide bonds. The highest BCUT2D eigenvalue weighted by Crippen LogP contribution is 2.24. The Labute approximate surface area is 118 Å². The predicted molar refractivity (Wildman–Crippen MR) is 78.3 cm³/mol. The van der Waals surface area contributed by atoms with Crippen molar-refractivity contribution in [3.05, 3.63) is 35.7 Å². The minimum absolute atomic E-state index is 0.241. The lowest BCUT2D eigenvalue weighted by Gasteiger charge is -2.17. The van der Waals surface area contributed by atoms with Crippen LogP contribution in [0.4, 0.5) is 5.69 Å². The lowest BCUT2D eigenvalue weighted by atomic mass is 10.1. The number of rotatable bonds is 3. The molecule has 0 unspecified atom stereocenters. The summed E-state index contributed by atoms with van der Waals surface area (Å²) in [5.41, 5.74) is 7.17. The number of amides is 1. The van der Waals surface area contributed by atoms with Crippen molar-refractivity contribution in [3.8, 4) is 11.5 Å². The average molecular weight is 273 g/mol. The van der Waals surface area contributed by atoms with E-state index >= 15 is 0 Å². The van der Waals surface area contributed by atoms with Crippen molar-refractivity contribution in [1.82, 2.24) is 4.98 Å². The molecule has 5 heteroatoms. The van der Waals surface area contributed by atoms with Gasteiger partial charge in [-0.1, -0.05) is 6.07 Å². The van der Waals surface area contributed by atoms with Crippen molar-refractivity contribution in [2.45, 2.75) is 33.2 Å². The van der Waals surface area contributed by atoms with E-state index in [1.807, 2.05) is 32.0 Å². The van der Waals surface area contributed by atoms with Crippen molar-refractivity contribution in [2.75, 3.05) is 5.32 Å². The second kappa shape index (κ2) is 5.09. The number of oxazole rings is 1. The Bertz CT molecular complexity index is 619. The summed E-state index contributed by atoms with van der Waals surface area (Å²) >= 11 is 0. The van der Waals surface area contributed by atoms with Crippen LogP contribution in [-0.2, 0) is 4.79 Å². The lowest BCUT2D eigenvalue weighted by molar-refractivity contribution is -0.120. The SMILES string of the molecule is Cc1nc(-c2cccc(NC(=O)C(C)(C)N)c2)oc1C.